The summed E-state index contributed by atoms with van der Waals surface area (Å²) < 4.78 is 12.2. The molecule has 0 fully saturated rings. The zero-order chi connectivity index (χ0) is 20.8. The van der Waals surface area contributed by atoms with Crippen molar-refractivity contribution in [2.24, 2.45) is 4.99 Å². The molecule has 0 amide bonds. The number of nitrogens with zero attached hydrogens (tertiary/aromatic N) is 1. The van der Waals surface area contributed by atoms with Crippen LogP contribution in [-0.2, 0) is 6.61 Å². The highest BCUT2D eigenvalue weighted by Gasteiger charge is 2.10. The third-order valence-electron chi connectivity index (χ3n) is 4.07. The van der Waals surface area contributed by atoms with E-state index in [4.69, 9.17) is 26.2 Å². The maximum atomic E-state index is 11.0. The lowest BCUT2D eigenvalue weighted by molar-refractivity contribution is 0.0697. The van der Waals surface area contributed by atoms with E-state index in [2.05, 4.69) is 20.9 Å². The number of carboxylic acids is 1. The second kappa shape index (κ2) is 9.58. The monoisotopic (exact) mass is 473 g/mol. The fourth-order valence-corrected chi connectivity index (χ4v) is 2.98. The van der Waals surface area contributed by atoms with Crippen LogP contribution in [0.2, 0.25) is 5.02 Å². The number of hydrogen-bond donors (Lipinski definition) is 1. The van der Waals surface area contributed by atoms with Crippen LogP contribution in [0, 0.1) is 0 Å². The Bertz CT molecular complexity index is 1050. The van der Waals surface area contributed by atoms with Crippen LogP contribution < -0.4 is 9.47 Å². The number of carbonyl (C=O) groups is 1. The molecule has 0 heterocycles. The van der Waals surface area contributed by atoms with Crippen LogP contribution in [0.3, 0.4) is 0 Å². The number of methoxy groups -OCH3 is 1. The van der Waals surface area contributed by atoms with E-state index in [1.807, 2.05) is 24.3 Å². The number of hydrogen-bond acceptors (Lipinski definition) is 4. The van der Waals surface area contributed by atoms with E-state index in [-0.39, 0.29) is 12.2 Å². The van der Waals surface area contributed by atoms with Gasteiger partial charge in [0.05, 0.1) is 23.4 Å². The minimum atomic E-state index is -0.964. The molecule has 0 bridgehead atoms. The molecule has 148 valence electrons. The van der Waals surface area contributed by atoms with Crippen LogP contribution in [0.15, 0.2) is 70.1 Å². The SMILES string of the molecule is COc1cccc(C=Nc2ccc(Br)c(Cl)c2)c1OCc1ccc(C(=O)O)cc1. The first-order chi connectivity index (χ1) is 14.0. The van der Waals surface area contributed by atoms with Gasteiger partial charge in [0.25, 0.3) is 0 Å². The molecule has 0 saturated carbocycles. The summed E-state index contributed by atoms with van der Waals surface area (Å²) in [4.78, 5) is 15.4. The van der Waals surface area contributed by atoms with Gasteiger partial charge in [-0.15, -0.1) is 0 Å². The number of para-hydroxylation sites is 1. The van der Waals surface area contributed by atoms with Crippen LogP contribution in [0.25, 0.3) is 0 Å². The highest BCUT2D eigenvalue weighted by atomic mass is 79.9. The average Bonchev–Trinajstić information content (AvgIpc) is 2.73. The fourth-order valence-electron chi connectivity index (χ4n) is 2.56. The van der Waals surface area contributed by atoms with Gasteiger partial charge in [-0.1, -0.05) is 29.8 Å². The van der Waals surface area contributed by atoms with Crippen molar-refractivity contribution < 1.29 is 19.4 Å². The third-order valence-corrected chi connectivity index (χ3v) is 5.30. The summed E-state index contributed by atoms with van der Waals surface area (Å²) in [5.41, 5.74) is 2.51. The predicted molar refractivity (Wildman–Crippen MR) is 117 cm³/mol. The Kier molecular flexibility index (Phi) is 6.90. The van der Waals surface area contributed by atoms with Gasteiger partial charge in [0, 0.05) is 16.3 Å². The molecular formula is C22H17BrClNO4. The topological polar surface area (TPSA) is 68.1 Å². The Balaban J connectivity index is 1.82. The number of aromatic carboxylic acids is 1. The van der Waals surface area contributed by atoms with Crippen LogP contribution in [0.4, 0.5) is 5.69 Å². The maximum Gasteiger partial charge on any atom is 0.335 e. The zero-order valence-corrected chi connectivity index (χ0v) is 17.8. The van der Waals surface area contributed by atoms with Gasteiger partial charge in [-0.25, -0.2) is 4.79 Å². The number of halogens is 2. The van der Waals surface area contributed by atoms with Crippen molar-refractivity contribution >= 4 is 45.4 Å². The van der Waals surface area contributed by atoms with Gasteiger partial charge in [0.15, 0.2) is 11.5 Å². The second-order valence-corrected chi connectivity index (χ2v) is 7.29. The smallest absolute Gasteiger partial charge is 0.335 e. The van der Waals surface area contributed by atoms with Crippen LogP contribution in [-0.4, -0.2) is 24.4 Å². The van der Waals surface area contributed by atoms with E-state index >= 15 is 0 Å². The minimum Gasteiger partial charge on any atom is -0.493 e. The lowest BCUT2D eigenvalue weighted by atomic mass is 10.1. The standard InChI is InChI=1S/C22H17BrClNO4/c1-28-20-4-2-3-16(12-25-17-9-10-18(23)19(24)11-17)21(20)29-13-14-5-7-15(8-6-14)22(26)27/h2-12H,13H2,1H3,(H,26,27). The van der Waals surface area contributed by atoms with Crippen molar-refractivity contribution in [2.75, 3.05) is 7.11 Å². The highest BCUT2D eigenvalue weighted by Crippen LogP contribution is 2.32. The minimum absolute atomic E-state index is 0.229. The summed E-state index contributed by atoms with van der Waals surface area (Å²) in [6.45, 7) is 0.255. The van der Waals surface area contributed by atoms with Crippen molar-refractivity contribution in [1.29, 1.82) is 0 Å². The van der Waals surface area contributed by atoms with E-state index in [9.17, 15) is 4.79 Å². The van der Waals surface area contributed by atoms with Crippen molar-refractivity contribution in [1.82, 2.24) is 0 Å². The van der Waals surface area contributed by atoms with Gasteiger partial charge in [-0.2, -0.15) is 0 Å². The second-order valence-electron chi connectivity index (χ2n) is 6.03. The fraction of sp³-hybridized carbons (Fsp3) is 0.0909. The molecule has 3 aromatic rings. The molecule has 3 rings (SSSR count). The molecule has 0 aliphatic rings. The lowest BCUT2D eigenvalue weighted by Gasteiger charge is -2.13. The Morgan fingerprint density at radius 1 is 1.17 bits per heavy atom. The van der Waals surface area contributed by atoms with Gasteiger partial charge in [-0.3, -0.25) is 4.99 Å². The molecule has 0 unspecified atom stereocenters. The number of benzene rings is 3. The summed E-state index contributed by atoms with van der Waals surface area (Å²) in [7, 11) is 1.57. The number of aliphatic imine (C=N–C) groups is 1. The molecular weight excluding hydrogens is 458 g/mol. The number of rotatable bonds is 7. The molecule has 5 nitrogen and oxygen atoms in total. The first kappa shape index (κ1) is 20.9. The van der Waals surface area contributed by atoms with Crippen molar-refractivity contribution in [3.05, 3.63) is 86.8 Å². The molecule has 0 aliphatic carbocycles. The maximum absolute atomic E-state index is 11.0. The van der Waals surface area contributed by atoms with E-state index < -0.39 is 5.97 Å². The van der Waals surface area contributed by atoms with E-state index in [0.29, 0.717) is 22.2 Å². The molecule has 3 aromatic carbocycles. The zero-order valence-electron chi connectivity index (χ0n) is 15.4. The third kappa shape index (κ3) is 5.37. The number of carboxylic acid groups (broad SMARTS) is 1. The summed E-state index contributed by atoms with van der Waals surface area (Å²) in [5, 5.41) is 9.58. The molecule has 1 N–H and O–H groups in total. The highest BCUT2D eigenvalue weighted by molar-refractivity contribution is 9.10. The number of ether oxygens (including phenoxy) is 2. The normalized spacial score (nSPS) is 10.9. The largest absolute Gasteiger partial charge is 0.493 e. The molecule has 0 saturated heterocycles. The molecule has 0 atom stereocenters. The first-order valence-electron chi connectivity index (χ1n) is 8.59. The van der Waals surface area contributed by atoms with Crippen molar-refractivity contribution in [3.63, 3.8) is 0 Å². The first-order valence-corrected chi connectivity index (χ1v) is 9.76. The summed E-state index contributed by atoms with van der Waals surface area (Å²) in [5.74, 6) is 0.156. The Labute approximate surface area is 181 Å². The molecule has 7 heteroatoms. The molecule has 0 aliphatic heterocycles. The Morgan fingerprint density at radius 2 is 1.93 bits per heavy atom. The van der Waals surface area contributed by atoms with Gasteiger partial charge < -0.3 is 14.6 Å². The summed E-state index contributed by atoms with van der Waals surface area (Å²) in [6.07, 6.45) is 1.69. The van der Waals surface area contributed by atoms with Gasteiger partial charge in [0.2, 0.25) is 0 Å². The van der Waals surface area contributed by atoms with Crippen molar-refractivity contribution in [2.45, 2.75) is 6.61 Å². The Morgan fingerprint density at radius 3 is 2.59 bits per heavy atom. The molecule has 29 heavy (non-hydrogen) atoms. The predicted octanol–water partition coefficient (Wildman–Crippen LogP) is 6.14. The van der Waals surface area contributed by atoms with Crippen LogP contribution in [0.5, 0.6) is 11.5 Å². The van der Waals surface area contributed by atoms with Gasteiger partial charge in [-0.05, 0) is 64.0 Å². The average molecular weight is 475 g/mol. The molecule has 0 aromatic heterocycles. The van der Waals surface area contributed by atoms with Gasteiger partial charge >= 0.3 is 5.97 Å². The van der Waals surface area contributed by atoms with Crippen LogP contribution in [0.1, 0.15) is 21.5 Å². The molecule has 0 radical (unpaired) electrons. The quantitative estimate of drug-likeness (QED) is 0.418. The van der Waals surface area contributed by atoms with Crippen molar-refractivity contribution in [3.8, 4) is 11.5 Å². The van der Waals surface area contributed by atoms with E-state index in [1.54, 1.807) is 49.7 Å². The summed E-state index contributed by atoms with van der Waals surface area (Å²) in [6, 6.07) is 17.5. The lowest BCUT2D eigenvalue weighted by Crippen LogP contribution is -2.02. The van der Waals surface area contributed by atoms with E-state index in [0.717, 1.165) is 15.6 Å². The van der Waals surface area contributed by atoms with E-state index in [1.165, 1.54) is 0 Å². The molecule has 0 spiro atoms. The van der Waals surface area contributed by atoms with Crippen LogP contribution >= 0.6 is 27.5 Å². The van der Waals surface area contributed by atoms with Gasteiger partial charge in [0.1, 0.15) is 6.61 Å². The summed E-state index contributed by atoms with van der Waals surface area (Å²) >= 11 is 9.48. The Hall–Kier alpha value is -2.83.